The Hall–Kier alpha value is -0.550. The van der Waals surface area contributed by atoms with Crippen LogP contribution in [0.2, 0.25) is 0 Å². The summed E-state index contributed by atoms with van der Waals surface area (Å²) in [4.78, 5) is 14.3. The van der Waals surface area contributed by atoms with Gasteiger partial charge in [-0.2, -0.15) is 0 Å². The number of nitrogens with two attached hydrogens (primary N) is 1. The smallest absolute Gasteiger partial charge is 0.149 e. The summed E-state index contributed by atoms with van der Waals surface area (Å²) in [5, 5.41) is 18.5. The van der Waals surface area contributed by atoms with Gasteiger partial charge in [0.15, 0.2) is 0 Å². The molecule has 0 saturated heterocycles. The highest BCUT2D eigenvalue weighted by Crippen LogP contribution is 2.18. The van der Waals surface area contributed by atoms with Crippen LogP contribution in [0.3, 0.4) is 0 Å². The Bertz CT molecular complexity index is 467. The highest BCUT2D eigenvalue weighted by atomic mass is 31.1. The third-order valence-electron chi connectivity index (χ3n) is 4.75. The van der Waals surface area contributed by atoms with E-state index in [1.54, 1.807) is 0 Å². The number of aryl methyl sites for hydroxylation is 3. The average Bonchev–Trinajstić information content (AvgIpc) is 2.64. The second-order valence-corrected chi connectivity index (χ2v) is 7.26. The predicted molar refractivity (Wildman–Crippen MR) is 110 cm³/mol. The highest BCUT2D eigenvalue weighted by molar-refractivity contribution is 7.23. The Balaban J connectivity index is 0.00000194. The maximum atomic E-state index is 9.25. The SMILES string of the molecule is CCCCCCCCc1ccc(CCC(N)(CO)CO)cc1C.OPO. The third kappa shape index (κ3) is 11.2. The second kappa shape index (κ2) is 15.5. The van der Waals surface area contributed by atoms with E-state index in [2.05, 4.69) is 32.0 Å². The normalized spacial score (nSPS) is 11.2. The first kappa shape index (κ1) is 25.4. The van der Waals surface area contributed by atoms with Crippen LogP contribution >= 0.6 is 9.03 Å². The molecule has 152 valence electrons. The van der Waals surface area contributed by atoms with Gasteiger partial charge in [-0.05, 0) is 49.3 Å². The number of aliphatic hydroxyl groups is 2. The molecule has 1 rings (SSSR count). The van der Waals surface area contributed by atoms with Gasteiger partial charge in [-0.25, -0.2) is 0 Å². The molecule has 0 atom stereocenters. The number of rotatable bonds is 12. The van der Waals surface area contributed by atoms with Gasteiger partial charge in [-0.1, -0.05) is 57.2 Å². The number of hydrogen-bond acceptors (Lipinski definition) is 5. The first-order chi connectivity index (χ1) is 12.5. The zero-order valence-electron chi connectivity index (χ0n) is 16.4. The first-order valence-electron chi connectivity index (χ1n) is 9.58. The molecule has 0 bridgehead atoms. The van der Waals surface area contributed by atoms with Gasteiger partial charge in [0.05, 0.1) is 18.8 Å². The standard InChI is InChI=1S/C20H35NO2.H3O2P/c1-3-4-5-6-7-8-9-19-11-10-18(14-17(19)2)12-13-20(21,15-22)16-23;1-3-2/h10-11,14,22-23H,3-9,12-13,15-16,21H2,1-2H3;1-3H. The molecular weight excluding hydrogens is 349 g/mol. The van der Waals surface area contributed by atoms with Crippen molar-refractivity contribution in [2.24, 2.45) is 5.73 Å². The van der Waals surface area contributed by atoms with Crippen LogP contribution in [0.4, 0.5) is 0 Å². The van der Waals surface area contributed by atoms with Crippen LogP contribution in [0, 0.1) is 6.92 Å². The fourth-order valence-electron chi connectivity index (χ4n) is 2.89. The van der Waals surface area contributed by atoms with Gasteiger partial charge in [-0.15, -0.1) is 0 Å². The van der Waals surface area contributed by atoms with Crippen molar-refractivity contribution in [3.63, 3.8) is 0 Å². The van der Waals surface area contributed by atoms with E-state index in [9.17, 15) is 10.2 Å². The lowest BCUT2D eigenvalue weighted by Crippen LogP contribution is -2.47. The van der Waals surface area contributed by atoms with E-state index in [1.807, 2.05) is 0 Å². The lowest BCUT2D eigenvalue weighted by molar-refractivity contribution is 0.115. The van der Waals surface area contributed by atoms with Gasteiger partial charge in [0.25, 0.3) is 0 Å². The fraction of sp³-hybridized carbons (Fsp3) is 0.700. The lowest BCUT2D eigenvalue weighted by Gasteiger charge is -2.24. The van der Waals surface area contributed by atoms with Gasteiger partial charge in [0.1, 0.15) is 9.03 Å². The van der Waals surface area contributed by atoms with Crippen LogP contribution in [0.1, 0.15) is 68.6 Å². The van der Waals surface area contributed by atoms with E-state index in [0.29, 0.717) is 6.42 Å². The summed E-state index contributed by atoms with van der Waals surface area (Å²) >= 11 is 0. The molecule has 0 fully saturated rings. The van der Waals surface area contributed by atoms with Gasteiger partial charge < -0.3 is 25.7 Å². The van der Waals surface area contributed by atoms with E-state index < -0.39 is 14.6 Å². The molecule has 0 unspecified atom stereocenters. The zero-order chi connectivity index (χ0) is 19.8. The summed E-state index contributed by atoms with van der Waals surface area (Å²) in [7, 11) is -0.917. The van der Waals surface area contributed by atoms with Crippen molar-refractivity contribution >= 4 is 9.03 Å². The van der Waals surface area contributed by atoms with Gasteiger partial charge in [0, 0.05) is 0 Å². The van der Waals surface area contributed by atoms with Crippen LogP contribution in [0.25, 0.3) is 0 Å². The van der Waals surface area contributed by atoms with Crippen molar-refractivity contribution in [1.29, 1.82) is 0 Å². The quantitative estimate of drug-likeness (QED) is 0.280. The molecule has 0 heterocycles. The zero-order valence-corrected chi connectivity index (χ0v) is 17.4. The van der Waals surface area contributed by atoms with Crippen LogP contribution in [-0.2, 0) is 12.8 Å². The van der Waals surface area contributed by atoms with E-state index in [1.165, 1.54) is 55.2 Å². The highest BCUT2D eigenvalue weighted by Gasteiger charge is 2.22. The molecule has 0 aliphatic carbocycles. The summed E-state index contributed by atoms with van der Waals surface area (Å²) in [6.45, 7) is 4.06. The van der Waals surface area contributed by atoms with Gasteiger partial charge in [0.2, 0.25) is 0 Å². The number of benzene rings is 1. The van der Waals surface area contributed by atoms with Crippen LogP contribution in [0.15, 0.2) is 18.2 Å². The minimum atomic E-state index is -0.917. The fourth-order valence-corrected chi connectivity index (χ4v) is 2.89. The molecule has 0 aliphatic heterocycles. The third-order valence-corrected chi connectivity index (χ3v) is 4.75. The van der Waals surface area contributed by atoms with E-state index in [4.69, 9.17) is 15.5 Å². The molecule has 1 aromatic carbocycles. The Morgan fingerprint density at radius 3 is 2.08 bits per heavy atom. The second-order valence-electron chi connectivity index (χ2n) is 7.06. The van der Waals surface area contributed by atoms with Crippen LogP contribution < -0.4 is 5.73 Å². The minimum absolute atomic E-state index is 0.182. The maximum Gasteiger partial charge on any atom is 0.149 e. The molecule has 6 heteroatoms. The van der Waals surface area contributed by atoms with Crippen molar-refractivity contribution < 1.29 is 20.0 Å². The van der Waals surface area contributed by atoms with Crippen molar-refractivity contribution in [2.45, 2.75) is 77.2 Å². The molecule has 26 heavy (non-hydrogen) atoms. The largest absolute Gasteiger partial charge is 0.394 e. The Morgan fingerprint density at radius 1 is 0.962 bits per heavy atom. The van der Waals surface area contributed by atoms with Crippen molar-refractivity contribution in [3.05, 3.63) is 34.9 Å². The molecule has 0 saturated carbocycles. The molecule has 5 nitrogen and oxygen atoms in total. The molecule has 0 radical (unpaired) electrons. The molecule has 0 aromatic heterocycles. The number of aliphatic hydroxyl groups excluding tert-OH is 2. The summed E-state index contributed by atoms with van der Waals surface area (Å²) in [5.74, 6) is 0. The average molecular weight is 388 g/mol. The topological polar surface area (TPSA) is 107 Å². The predicted octanol–water partition coefficient (Wildman–Crippen LogP) is 2.99. The van der Waals surface area contributed by atoms with E-state index in [-0.39, 0.29) is 13.2 Å². The minimum Gasteiger partial charge on any atom is -0.394 e. The number of unbranched alkanes of at least 4 members (excludes halogenated alkanes) is 5. The molecule has 0 spiro atoms. The molecular formula is C20H38NO4P. The van der Waals surface area contributed by atoms with Crippen molar-refractivity contribution in [3.8, 4) is 0 Å². The van der Waals surface area contributed by atoms with Crippen LogP contribution in [0.5, 0.6) is 0 Å². The summed E-state index contributed by atoms with van der Waals surface area (Å²) in [6, 6.07) is 6.61. The molecule has 6 N–H and O–H groups in total. The Labute approximate surface area is 160 Å². The van der Waals surface area contributed by atoms with Crippen molar-refractivity contribution in [1.82, 2.24) is 0 Å². The maximum absolute atomic E-state index is 9.25. The van der Waals surface area contributed by atoms with E-state index in [0.717, 1.165) is 12.8 Å². The van der Waals surface area contributed by atoms with Crippen LogP contribution in [-0.4, -0.2) is 38.8 Å². The molecule has 0 amide bonds. The van der Waals surface area contributed by atoms with E-state index >= 15 is 0 Å². The summed E-state index contributed by atoms with van der Waals surface area (Å²) in [6.07, 6.45) is 10.5. The molecule has 1 aromatic rings. The first-order valence-corrected chi connectivity index (χ1v) is 10.5. The monoisotopic (exact) mass is 387 g/mol. The van der Waals surface area contributed by atoms with Gasteiger partial charge in [-0.3, -0.25) is 0 Å². The number of hydrogen-bond donors (Lipinski definition) is 5. The summed E-state index contributed by atoms with van der Waals surface area (Å²) in [5.41, 5.74) is 9.06. The Morgan fingerprint density at radius 2 is 1.54 bits per heavy atom. The Kier molecular flexibility index (Phi) is 15.2. The summed E-state index contributed by atoms with van der Waals surface area (Å²) < 4.78 is 0. The van der Waals surface area contributed by atoms with Gasteiger partial charge >= 0.3 is 0 Å². The lowest BCUT2D eigenvalue weighted by atomic mass is 9.92. The van der Waals surface area contributed by atoms with Crippen molar-refractivity contribution in [2.75, 3.05) is 13.2 Å². The molecule has 0 aliphatic rings.